The third-order valence-corrected chi connectivity index (χ3v) is 6.99. The molecule has 6 heteroatoms. The Bertz CT molecular complexity index is 1280. The van der Waals surface area contributed by atoms with E-state index in [1.54, 1.807) is 24.3 Å². The van der Waals surface area contributed by atoms with E-state index in [-0.39, 0.29) is 10.7 Å². The largest absolute Gasteiger partial charge is 0.379 e. The number of fused-ring (bicyclic) bond motifs is 1. The number of ketones is 1. The summed E-state index contributed by atoms with van der Waals surface area (Å²) in [5.74, 6) is -0.543. The standard InChI is InChI=1S/C24H19NO4S/c1-30(27,28)19-13-11-16(12-14-19)21-22(17-7-3-2-4-8-17)25-29-24(21)15-18-9-5-6-10-20(18)23(24)26/h2-14,21H,15H2,1H3. The van der Waals surface area contributed by atoms with Crippen molar-refractivity contribution in [3.8, 4) is 0 Å². The van der Waals surface area contributed by atoms with Crippen LogP contribution in [0.3, 0.4) is 0 Å². The molecule has 0 radical (unpaired) electrons. The smallest absolute Gasteiger partial charge is 0.216 e. The Balaban J connectivity index is 1.66. The molecule has 1 spiro atoms. The van der Waals surface area contributed by atoms with Gasteiger partial charge in [-0.1, -0.05) is 71.9 Å². The number of hydrogen-bond donors (Lipinski definition) is 0. The number of Topliss-reactive ketones (excluding diaryl/α,β-unsaturated/α-hetero) is 1. The molecule has 150 valence electrons. The Kier molecular flexibility index (Phi) is 4.15. The lowest BCUT2D eigenvalue weighted by atomic mass is 9.75. The van der Waals surface area contributed by atoms with Gasteiger partial charge < -0.3 is 4.84 Å². The molecule has 0 bridgehead atoms. The molecule has 30 heavy (non-hydrogen) atoms. The summed E-state index contributed by atoms with van der Waals surface area (Å²) in [5.41, 5.74) is 2.76. The summed E-state index contributed by atoms with van der Waals surface area (Å²) in [6.07, 6.45) is 1.59. The quantitative estimate of drug-likeness (QED) is 0.650. The van der Waals surface area contributed by atoms with E-state index >= 15 is 0 Å². The fraction of sp³-hybridized carbons (Fsp3) is 0.167. The van der Waals surface area contributed by atoms with Crippen LogP contribution in [0.15, 0.2) is 88.9 Å². The average molecular weight is 417 g/mol. The van der Waals surface area contributed by atoms with E-state index in [0.717, 1.165) is 16.7 Å². The van der Waals surface area contributed by atoms with Gasteiger partial charge >= 0.3 is 0 Å². The molecular weight excluding hydrogens is 398 g/mol. The number of oxime groups is 1. The van der Waals surface area contributed by atoms with Gasteiger partial charge in [0, 0.05) is 23.8 Å². The Morgan fingerprint density at radius 3 is 2.27 bits per heavy atom. The molecule has 1 aliphatic heterocycles. The molecule has 0 saturated heterocycles. The van der Waals surface area contributed by atoms with Crippen LogP contribution in [0.1, 0.15) is 33.0 Å². The zero-order valence-corrected chi connectivity index (χ0v) is 17.1. The molecule has 5 rings (SSSR count). The maximum absolute atomic E-state index is 13.5. The van der Waals surface area contributed by atoms with Crippen LogP contribution >= 0.6 is 0 Å². The van der Waals surface area contributed by atoms with Crippen LogP contribution in [-0.4, -0.2) is 31.8 Å². The second-order valence-electron chi connectivity index (χ2n) is 7.76. The number of nitrogens with zero attached hydrogens (tertiary/aromatic N) is 1. The molecule has 2 atom stereocenters. The Hall–Kier alpha value is -3.25. The first-order valence-corrected chi connectivity index (χ1v) is 11.5. The van der Waals surface area contributed by atoms with Gasteiger partial charge in [0.05, 0.1) is 16.5 Å². The molecule has 0 amide bonds. The highest BCUT2D eigenvalue weighted by Gasteiger charge is 2.59. The number of carbonyl (C=O) groups excluding carboxylic acids is 1. The first-order valence-electron chi connectivity index (χ1n) is 9.64. The third-order valence-electron chi connectivity index (χ3n) is 5.86. The van der Waals surface area contributed by atoms with Crippen molar-refractivity contribution in [1.82, 2.24) is 0 Å². The van der Waals surface area contributed by atoms with Crippen molar-refractivity contribution in [2.24, 2.45) is 5.16 Å². The Labute approximate surface area is 174 Å². The minimum atomic E-state index is -3.32. The first kappa shape index (κ1) is 18.8. The highest BCUT2D eigenvalue weighted by atomic mass is 32.2. The number of carbonyl (C=O) groups is 1. The van der Waals surface area contributed by atoms with Crippen molar-refractivity contribution >= 4 is 21.3 Å². The van der Waals surface area contributed by atoms with Gasteiger partial charge in [0.15, 0.2) is 9.84 Å². The van der Waals surface area contributed by atoms with E-state index in [1.165, 1.54) is 6.26 Å². The summed E-state index contributed by atoms with van der Waals surface area (Å²) in [7, 11) is -3.32. The van der Waals surface area contributed by atoms with Crippen molar-refractivity contribution in [2.45, 2.75) is 22.8 Å². The van der Waals surface area contributed by atoms with Gasteiger partial charge in [-0.05, 0) is 23.3 Å². The zero-order chi connectivity index (χ0) is 20.9. The molecule has 2 unspecified atom stereocenters. The summed E-state index contributed by atoms with van der Waals surface area (Å²) in [6, 6.07) is 23.8. The summed E-state index contributed by atoms with van der Waals surface area (Å²) >= 11 is 0. The van der Waals surface area contributed by atoms with Crippen molar-refractivity contribution in [2.75, 3.05) is 6.26 Å². The Morgan fingerprint density at radius 1 is 0.933 bits per heavy atom. The molecule has 3 aromatic carbocycles. The van der Waals surface area contributed by atoms with E-state index in [1.807, 2.05) is 54.6 Å². The van der Waals surface area contributed by atoms with Crippen LogP contribution in [-0.2, 0) is 21.1 Å². The van der Waals surface area contributed by atoms with Crippen LogP contribution < -0.4 is 0 Å². The lowest BCUT2D eigenvalue weighted by molar-refractivity contribution is -0.00692. The highest BCUT2D eigenvalue weighted by molar-refractivity contribution is 7.90. The minimum absolute atomic E-state index is 0.0926. The molecule has 0 N–H and O–H groups in total. The monoisotopic (exact) mass is 417 g/mol. The predicted octanol–water partition coefficient (Wildman–Crippen LogP) is 3.79. The van der Waals surface area contributed by atoms with E-state index in [2.05, 4.69) is 5.16 Å². The van der Waals surface area contributed by atoms with Crippen LogP contribution in [0.2, 0.25) is 0 Å². The molecule has 2 aliphatic rings. The third kappa shape index (κ3) is 2.79. The van der Waals surface area contributed by atoms with E-state index in [0.29, 0.717) is 17.7 Å². The number of hydrogen-bond acceptors (Lipinski definition) is 5. The summed E-state index contributed by atoms with van der Waals surface area (Å²) in [6.45, 7) is 0. The van der Waals surface area contributed by atoms with Gasteiger partial charge in [0.2, 0.25) is 11.4 Å². The SMILES string of the molecule is CS(=O)(=O)c1ccc(C2C(c3ccccc3)=NOC23Cc2ccccc2C3=O)cc1. The van der Waals surface area contributed by atoms with Crippen molar-refractivity contribution in [3.05, 3.63) is 101 Å². The van der Waals surface area contributed by atoms with Crippen LogP contribution in [0.25, 0.3) is 0 Å². The highest BCUT2D eigenvalue weighted by Crippen LogP contribution is 2.48. The summed E-state index contributed by atoms with van der Waals surface area (Å²) in [4.78, 5) is 19.7. The summed E-state index contributed by atoms with van der Waals surface area (Å²) < 4.78 is 23.8. The Morgan fingerprint density at radius 2 is 1.60 bits per heavy atom. The fourth-order valence-corrected chi connectivity index (χ4v) is 5.04. The van der Waals surface area contributed by atoms with Gasteiger partial charge in [-0.3, -0.25) is 4.79 Å². The lowest BCUT2D eigenvalue weighted by Gasteiger charge is -2.28. The second kappa shape index (κ2) is 6.64. The summed E-state index contributed by atoms with van der Waals surface area (Å²) in [5, 5.41) is 4.38. The van der Waals surface area contributed by atoms with E-state index in [4.69, 9.17) is 4.84 Å². The van der Waals surface area contributed by atoms with Crippen LogP contribution in [0.5, 0.6) is 0 Å². The molecular formula is C24H19NO4S. The maximum Gasteiger partial charge on any atom is 0.216 e. The molecule has 0 saturated carbocycles. The van der Waals surface area contributed by atoms with Crippen molar-refractivity contribution < 1.29 is 18.0 Å². The molecule has 0 fully saturated rings. The maximum atomic E-state index is 13.5. The number of sulfone groups is 1. The molecule has 3 aromatic rings. The zero-order valence-electron chi connectivity index (χ0n) is 16.3. The van der Waals surface area contributed by atoms with Crippen LogP contribution in [0, 0.1) is 0 Å². The van der Waals surface area contributed by atoms with Gasteiger partial charge in [-0.15, -0.1) is 0 Å². The molecule has 0 aromatic heterocycles. The second-order valence-corrected chi connectivity index (χ2v) is 9.78. The first-order chi connectivity index (χ1) is 14.4. The van der Waals surface area contributed by atoms with Crippen LogP contribution in [0.4, 0.5) is 0 Å². The number of benzene rings is 3. The fourth-order valence-electron chi connectivity index (χ4n) is 4.41. The van der Waals surface area contributed by atoms with Gasteiger partial charge in [0.1, 0.15) is 0 Å². The molecule has 1 aliphatic carbocycles. The normalized spacial score (nSPS) is 22.6. The lowest BCUT2D eigenvalue weighted by Crippen LogP contribution is -2.43. The van der Waals surface area contributed by atoms with Crippen molar-refractivity contribution in [1.29, 1.82) is 0 Å². The van der Waals surface area contributed by atoms with Gasteiger partial charge in [-0.2, -0.15) is 0 Å². The predicted molar refractivity (Wildman–Crippen MR) is 114 cm³/mol. The van der Waals surface area contributed by atoms with Gasteiger partial charge in [0.25, 0.3) is 0 Å². The van der Waals surface area contributed by atoms with E-state index < -0.39 is 21.4 Å². The average Bonchev–Trinajstić information content (AvgIpc) is 3.27. The molecule has 5 nitrogen and oxygen atoms in total. The van der Waals surface area contributed by atoms with E-state index in [9.17, 15) is 13.2 Å². The number of rotatable bonds is 3. The van der Waals surface area contributed by atoms with Crippen molar-refractivity contribution in [3.63, 3.8) is 0 Å². The topological polar surface area (TPSA) is 72.8 Å². The molecule has 1 heterocycles. The minimum Gasteiger partial charge on any atom is -0.379 e. The van der Waals surface area contributed by atoms with Gasteiger partial charge in [-0.25, -0.2) is 8.42 Å².